The van der Waals surface area contributed by atoms with Gasteiger partial charge >= 0.3 is 0 Å². The third kappa shape index (κ3) is 4.81. The monoisotopic (exact) mass is 489 g/mol. The van der Waals surface area contributed by atoms with E-state index in [1.807, 2.05) is 43.5 Å². The second-order valence-corrected chi connectivity index (χ2v) is 9.69. The average Bonchev–Trinajstić information content (AvgIpc) is 3.61. The van der Waals surface area contributed by atoms with Crippen LogP contribution in [0.25, 0.3) is 0 Å². The van der Waals surface area contributed by atoms with Crippen molar-refractivity contribution in [3.63, 3.8) is 0 Å². The van der Waals surface area contributed by atoms with Gasteiger partial charge in [0, 0.05) is 43.1 Å². The van der Waals surface area contributed by atoms with Crippen molar-refractivity contribution in [1.82, 2.24) is 14.9 Å². The molecule has 2 N–H and O–H groups in total. The van der Waals surface area contributed by atoms with Crippen molar-refractivity contribution < 1.29 is 9.53 Å². The molecule has 2 atom stereocenters. The third-order valence-corrected chi connectivity index (χ3v) is 7.28. The van der Waals surface area contributed by atoms with Gasteiger partial charge in [0.15, 0.2) is 5.11 Å². The summed E-state index contributed by atoms with van der Waals surface area (Å²) >= 11 is 5.87. The predicted molar refractivity (Wildman–Crippen MR) is 142 cm³/mol. The van der Waals surface area contributed by atoms with Crippen LogP contribution in [0.15, 0.2) is 61.1 Å². The van der Waals surface area contributed by atoms with Crippen LogP contribution in [-0.2, 0) is 9.53 Å². The number of hydrogen-bond donors (Lipinski definition) is 2. The molecule has 182 valence electrons. The van der Waals surface area contributed by atoms with E-state index in [9.17, 15) is 4.79 Å². The van der Waals surface area contributed by atoms with Crippen molar-refractivity contribution in [3.8, 4) is 0 Å². The van der Waals surface area contributed by atoms with Crippen LogP contribution in [-0.4, -0.2) is 34.3 Å². The Kier molecular flexibility index (Phi) is 6.83. The molecule has 0 bridgehead atoms. The lowest BCUT2D eigenvalue weighted by molar-refractivity contribution is -0.119. The van der Waals surface area contributed by atoms with Crippen LogP contribution in [0.2, 0.25) is 0 Å². The summed E-state index contributed by atoms with van der Waals surface area (Å²) in [5, 5.41) is 7.10. The number of pyridine rings is 1. The molecule has 5 rings (SSSR count). The Morgan fingerprint density at radius 2 is 2.06 bits per heavy atom. The third-order valence-electron chi connectivity index (χ3n) is 6.96. The number of aromatic nitrogens is 2. The van der Waals surface area contributed by atoms with Gasteiger partial charge in [-0.3, -0.25) is 9.78 Å². The summed E-state index contributed by atoms with van der Waals surface area (Å²) in [6.07, 6.45) is 11.4. The highest BCUT2D eigenvalue weighted by Crippen LogP contribution is 2.43. The number of amides is 1. The van der Waals surface area contributed by atoms with Gasteiger partial charge in [-0.05, 0) is 79.5 Å². The molecular formula is C27H31N5O2S. The number of thiocarbonyl (C=S) groups is 1. The van der Waals surface area contributed by atoms with Gasteiger partial charge in [-0.25, -0.2) is 0 Å². The number of rotatable bonds is 7. The molecule has 1 amide bonds. The molecule has 2 aliphatic rings. The molecule has 3 heterocycles. The number of aryl methyl sites for hydroxylation is 1. The first-order chi connectivity index (χ1) is 17.0. The Hall–Kier alpha value is -3.23. The number of carbonyl (C=O) groups is 1. The standard InChI is InChI=1S/C27H31N5O2S/c1-18-15-21(10-11-22(18)29-24(33)17-34-2)32-26(19-12-14-31(16-19)20-7-3-4-8-20)25(30-27(32)35)23-9-5-6-13-28-23/h5-6,9-16,20,25-26H,3-4,7-8,17H2,1-2H3,(H,29,33)(H,30,35)/t25-,26-/m0/s1. The first kappa shape index (κ1) is 23.5. The molecule has 1 saturated carbocycles. The molecular weight excluding hydrogens is 458 g/mol. The summed E-state index contributed by atoms with van der Waals surface area (Å²) in [5.74, 6) is -0.178. The fraction of sp³-hybridized carbons (Fsp3) is 0.370. The second kappa shape index (κ2) is 10.2. The topological polar surface area (TPSA) is 71.4 Å². The van der Waals surface area contributed by atoms with Gasteiger partial charge in [-0.2, -0.15) is 0 Å². The van der Waals surface area contributed by atoms with Gasteiger partial charge in [0.05, 0.1) is 17.8 Å². The zero-order chi connectivity index (χ0) is 24.4. The number of carbonyl (C=O) groups excluding carboxylic acids is 1. The lowest BCUT2D eigenvalue weighted by Gasteiger charge is -2.28. The van der Waals surface area contributed by atoms with E-state index in [0.29, 0.717) is 11.2 Å². The maximum atomic E-state index is 12.0. The van der Waals surface area contributed by atoms with Crippen molar-refractivity contribution in [2.75, 3.05) is 23.9 Å². The van der Waals surface area contributed by atoms with Crippen LogP contribution in [0.5, 0.6) is 0 Å². The predicted octanol–water partition coefficient (Wildman–Crippen LogP) is 5.07. The summed E-state index contributed by atoms with van der Waals surface area (Å²) in [6, 6.07) is 14.7. The van der Waals surface area contributed by atoms with Crippen LogP contribution in [0.3, 0.4) is 0 Å². The summed E-state index contributed by atoms with van der Waals surface area (Å²) in [5.41, 5.74) is 4.85. The van der Waals surface area contributed by atoms with Gasteiger partial charge in [0.25, 0.3) is 0 Å². The SMILES string of the molecule is COCC(=O)Nc1ccc(N2C(=S)N[C@@H](c3ccccn3)[C@@H]2c2ccn(C3CCCC3)c2)cc1C. The van der Waals surface area contributed by atoms with E-state index in [2.05, 4.69) is 49.6 Å². The zero-order valence-electron chi connectivity index (χ0n) is 20.1. The molecule has 2 fully saturated rings. The van der Waals surface area contributed by atoms with Crippen molar-refractivity contribution in [2.45, 2.75) is 50.7 Å². The van der Waals surface area contributed by atoms with Crippen molar-refractivity contribution >= 4 is 34.6 Å². The first-order valence-corrected chi connectivity index (χ1v) is 12.5. The van der Waals surface area contributed by atoms with Crippen LogP contribution < -0.4 is 15.5 Å². The molecule has 1 saturated heterocycles. The highest BCUT2D eigenvalue weighted by Gasteiger charge is 2.41. The number of methoxy groups -OCH3 is 1. The van der Waals surface area contributed by atoms with E-state index in [-0.39, 0.29) is 24.6 Å². The maximum Gasteiger partial charge on any atom is 0.250 e. The van der Waals surface area contributed by atoms with Crippen molar-refractivity contribution in [2.24, 2.45) is 0 Å². The van der Waals surface area contributed by atoms with E-state index in [0.717, 1.165) is 22.6 Å². The summed E-state index contributed by atoms with van der Waals surface area (Å²) in [4.78, 5) is 18.8. The van der Waals surface area contributed by atoms with Crippen LogP contribution in [0, 0.1) is 6.92 Å². The largest absolute Gasteiger partial charge is 0.375 e. The van der Waals surface area contributed by atoms with E-state index in [1.165, 1.54) is 38.4 Å². The molecule has 2 aromatic heterocycles. The number of hydrogen-bond acceptors (Lipinski definition) is 4. The molecule has 1 aliphatic carbocycles. The van der Waals surface area contributed by atoms with Crippen LogP contribution >= 0.6 is 12.2 Å². The van der Waals surface area contributed by atoms with E-state index >= 15 is 0 Å². The van der Waals surface area contributed by atoms with Crippen molar-refractivity contribution in [1.29, 1.82) is 0 Å². The zero-order valence-corrected chi connectivity index (χ0v) is 20.9. The number of benzene rings is 1. The van der Waals surface area contributed by atoms with Gasteiger partial charge in [-0.15, -0.1) is 0 Å². The lowest BCUT2D eigenvalue weighted by atomic mass is 9.98. The molecule has 0 radical (unpaired) electrons. The van der Waals surface area contributed by atoms with Gasteiger partial charge in [0.2, 0.25) is 5.91 Å². The maximum absolute atomic E-state index is 12.0. The molecule has 1 aromatic carbocycles. The van der Waals surface area contributed by atoms with Gasteiger partial charge in [0.1, 0.15) is 6.61 Å². The minimum atomic E-state index is -0.178. The quantitative estimate of drug-likeness (QED) is 0.452. The molecule has 35 heavy (non-hydrogen) atoms. The van der Waals surface area contributed by atoms with Gasteiger partial charge < -0.3 is 24.8 Å². The Balaban J connectivity index is 1.50. The summed E-state index contributed by atoms with van der Waals surface area (Å²) in [6.45, 7) is 2.01. The molecule has 8 heteroatoms. The summed E-state index contributed by atoms with van der Waals surface area (Å²) < 4.78 is 7.31. The highest BCUT2D eigenvalue weighted by molar-refractivity contribution is 7.80. The minimum absolute atomic E-state index is 0.0210. The number of ether oxygens (including phenoxy) is 1. The number of nitrogens with zero attached hydrogens (tertiary/aromatic N) is 3. The van der Waals surface area contributed by atoms with Crippen LogP contribution in [0.4, 0.5) is 11.4 Å². The minimum Gasteiger partial charge on any atom is -0.375 e. The lowest BCUT2D eigenvalue weighted by Crippen LogP contribution is -2.29. The Morgan fingerprint density at radius 1 is 1.23 bits per heavy atom. The van der Waals surface area contributed by atoms with E-state index in [1.54, 1.807) is 0 Å². The summed E-state index contributed by atoms with van der Waals surface area (Å²) in [7, 11) is 1.51. The molecule has 1 aliphatic heterocycles. The Labute approximate surface area is 211 Å². The highest BCUT2D eigenvalue weighted by atomic mass is 32.1. The molecule has 0 unspecified atom stereocenters. The Bertz CT molecular complexity index is 1210. The van der Waals surface area contributed by atoms with E-state index < -0.39 is 0 Å². The fourth-order valence-corrected chi connectivity index (χ4v) is 5.61. The Morgan fingerprint density at radius 3 is 2.77 bits per heavy atom. The first-order valence-electron chi connectivity index (χ1n) is 12.1. The normalized spacial score (nSPS) is 20.3. The number of anilines is 2. The van der Waals surface area contributed by atoms with E-state index in [4.69, 9.17) is 17.0 Å². The van der Waals surface area contributed by atoms with Gasteiger partial charge in [-0.1, -0.05) is 18.9 Å². The molecule has 7 nitrogen and oxygen atoms in total. The van der Waals surface area contributed by atoms with Crippen molar-refractivity contribution in [3.05, 3.63) is 77.9 Å². The smallest absolute Gasteiger partial charge is 0.250 e. The number of nitrogens with one attached hydrogen (secondary N) is 2. The average molecular weight is 490 g/mol. The molecule has 3 aromatic rings. The van der Waals surface area contributed by atoms with Crippen LogP contribution in [0.1, 0.15) is 60.6 Å². The second-order valence-electron chi connectivity index (χ2n) is 9.31. The molecule has 0 spiro atoms. The fourth-order valence-electron chi connectivity index (χ4n) is 5.26.